The molecule has 0 atom stereocenters. The van der Waals surface area contributed by atoms with Crippen molar-refractivity contribution in [3.05, 3.63) is 21.7 Å². The third-order valence-corrected chi connectivity index (χ3v) is 2.28. The monoisotopic (exact) mass is 241 g/mol. The van der Waals surface area contributed by atoms with Crippen LogP contribution in [0, 0.1) is 10.1 Å². The van der Waals surface area contributed by atoms with Crippen LogP contribution in [0.1, 0.15) is 12.5 Å². The maximum Gasteiger partial charge on any atom is 0.297 e. The Morgan fingerprint density at radius 2 is 2.18 bits per heavy atom. The molecule has 0 saturated carbocycles. The van der Waals surface area contributed by atoms with Gasteiger partial charge in [-0.05, 0) is 6.92 Å². The number of nitro groups is 1. The number of benzene rings is 1. The molecule has 5 N–H and O–H groups in total. The van der Waals surface area contributed by atoms with Gasteiger partial charge in [-0.2, -0.15) is 0 Å². The van der Waals surface area contributed by atoms with Crippen molar-refractivity contribution in [3.8, 4) is 5.75 Å². The number of ether oxygens (including phenoxy) is 1. The van der Waals surface area contributed by atoms with Crippen LogP contribution in [0.5, 0.6) is 5.75 Å². The summed E-state index contributed by atoms with van der Waals surface area (Å²) in [6.45, 7) is 1.89. The smallest absolute Gasteiger partial charge is 0.297 e. The molecular formula is C10H15N3O4. The van der Waals surface area contributed by atoms with Gasteiger partial charge in [0.15, 0.2) is 0 Å². The van der Waals surface area contributed by atoms with E-state index in [1.165, 1.54) is 6.07 Å². The number of rotatable bonds is 5. The van der Waals surface area contributed by atoms with Gasteiger partial charge in [-0.3, -0.25) is 10.1 Å². The van der Waals surface area contributed by atoms with Crippen LogP contribution in [0.2, 0.25) is 0 Å². The molecule has 0 fully saturated rings. The molecule has 0 saturated heterocycles. The van der Waals surface area contributed by atoms with Gasteiger partial charge < -0.3 is 21.3 Å². The van der Waals surface area contributed by atoms with Gasteiger partial charge >= 0.3 is 0 Å². The third kappa shape index (κ3) is 2.56. The Kier molecular flexibility index (Phi) is 4.11. The van der Waals surface area contributed by atoms with Gasteiger partial charge in [0.1, 0.15) is 11.4 Å². The first-order chi connectivity index (χ1) is 8.02. The van der Waals surface area contributed by atoms with Gasteiger partial charge in [-0.15, -0.1) is 0 Å². The Morgan fingerprint density at radius 1 is 1.53 bits per heavy atom. The van der Waals surface area contributed by atoms with E-state index in [1.807, 2.05) is 0 Å². The third-order valence-electron chi connectivity index (χ3n) is 2.28. The summed E-state index contributed by atoms with van der Waals surface area (Å²) < 4.78 is 5.23. The molecule has 1 aromatic rings. The van der Waals surface area contributed by atoms with Crippen LogP contribution in [0.25, 0.3) is 0 Å². The maximum absolute atomic E-state index is 10.9. The van der Waals surface area contributed by atoms with Crippen LogP contribution in [0.4, 0.5) is 17.1 Å². The van der Waals surface area contributed by atoms with E-state index in [4.69, 9.17) is 21.3 Å². The van der Waals surface area contributed by atoms with Gasteiger partial charge in [-0.25, -0.2) is 0 Å². The SMILES string of the molecule is CCOc1cc(N)c([N+](=O)[O-])c(CCO)c1N. The number of aliphatic hydroxyl groups excluding tert-OH is 1. The Bertz CT molecular complexity index is 434. The van der Waals surface area contributed by atoms with Crippen molar-refractivity contribution in [2.24, 2.45) is 0 Å². The van der Waals surface area contributed by atoms with E-state index in [0.717, 1.165) is 0 Å². The standard InChI is InChI=1S/C10H15N3O4/c1-2-17-8-5-7(11)10(13(15)16)6(3-4-14)9(8)12/h5,14H,2-4,11-12H2,1H3. The second kappa shape index (κ2) is 5.35. The number of nitrogen functional groups attached to an aromatic ring is 2. The fourth-order valence-electron chi connectivity index (χ4n) is 1.59. The lowest BCUT2D eigenvalue weighted by Crippen LogP contribution is -2.08. The van der Waals surface area contributed by atoms with E-state index in [1.54, 1.807) is 6.92 Å². The summed E-state index contributed by atoms with van der Waals surface area (Å²) in [5.41, 5.74) is 11.4. The van der Waals surface area contributed by atoms with Crippen LogP contribution in [-0.2, 0) is 6.42 Å². The van der Waals surface area contributed by atoms with Gasteiger partial charge in [0.25, 0.3) is 5.69 Å². The van der Waals surface area contributed by atoms with Crippen molar-refractivity contribution in [1.29, 1.82) is 0 Å². The molecule has 0 aliphatic heterocycles. The van der Waals surface area contributed by atoms with Crippen molar-refractivity contribution in [3.63, 3.8) is 0 Å². The van der Waals surface area contributed by atoms with Gasteiger partial charge in [0, 0.05) is 19.1 Å². The minimum atomic E-state index is -0.605. The van der Waals surface area contributed by atoms with Crippen LogP contribution in [-0.4, -0.2) is 23.2 Å². The number of nitrogens with two attached hydrogens (primary N) is 2. The average Bonchev–Trinajstić information content (AvgIpc) is 2.25. The molecule has 0 heterocycles. The molecule has 0 aliphatic rings. The second-order valence-electron chi connectivity index (χ2n) is 3.37. The molecule has 94 valence electrons. The predicted octanol–water partition coefficient (Wildman–Crippen LogP) is 0.693. The Balaban J connectivity index is 3.41. The van der Waals surface area contributed by atoms with Crippen LogP contribution < -0.4 is 16.2 Å². The van der Waals surface area contributed by atoms with E-state index in [9.17, 15) is 10.1 Å². The first kappa shape index (κ1) is 13.0. The van der Waals surface area contributed by atoms with Crippen LogP contribution >= 0.6 is 0 Å². The van der Waals surface area contributed by atoms with Crippen molar-refractivity contribution < 1.29 is 14.8 Å². The lowest BCUT2D eigenvalue weighted by Gasteiger charge is -2.13. The first-order valence-corrected chi connectivity index (χ1v) is 5.11. The number of aliphatic hydroxyl groups is 1. The topological polar surface area (TPSA) is 125 Å². The van der Waals surface area contributed by atoms with Crippen molar-refractivity contribution in [2.75, 3.05) is 24.7 Å². The van der Waals surface area contributed by atoms with Gasteiger partial charge in [0.05, 0.1) is 22.8 Å². The normalized spacial score (nSPS) is 10.2. The molecule has 0 aromatic heterocycles. The first-order valence-electron chi connectivity index (χ1n) is 5.11. The summed E-state index contributed by atoms with van der Waals surface area (Å²) in [6.07, 6.45) is 0.0628. The zero-order valence-corrected chi connectivity index (χ0v) is 9.47. The molecule has 7 heteroatoms. The number of hydrogen-bond acceptors (Lipinski definition) is 6. The van der Waals surface area contributed by atoms with Crippen LogP contribution in [0.15, 0.2) is 6.07 Å². The molecule has 0 unspecified atom stereocenters. The van der Waals surface area contributed by atoms with E-state index in [-0.39, 0.29) is 35.7 Å². The molecule has 1 aromatic carbocycles. The van der Waals surface area contributed by atoms with Crippen molar-refractivity contribution in [2.45, 2.75) is 13.3 Å². The van der Waals surface area contributed by atoms with Gasteiger partial charge in [-0.1, -0.05) is 0 Å². The molecule has 1 rings (SSSR count). The number of hydrogen-bond donors (Lipinski definition) is 3. The average molecular weight is 241 g/mol. The van der Waals surface area contributed by atoms with Crippen molar-refractivity contribution >= 4 is 17.1 Å². The Labute approximate surface area is 98.1 Å². The summed E-state index contributed by atoms with van der Waals surface area (Å²) in [5, 5.41) is 19.8. The zero-order valence-electron chi connectivity index (χ0n) is 9.47. The minimum absolute atomic E-state index is 0.0175. The number of nitrogens with zero attached hydrogens (tertiary/aromatic N) is 1. The van der Waals surface area contributed by atoms with E-state index in [2.05, 4.69) is 0 Å². The van der Waals surface area contributed by atoms with Crippen LogP contribution in [0.3, 0.4) is 0 Å². The largest absolute Gasteiger partial charge is 0.492 e. The summed E-state index contributed by atoms with van der Waals surface area (Å²) in [6, 6.07) is 1.33. The lowest BCUT2D eigenvalue weighted by atomic mass is 10.1. The number of anilines is 2. The quantitative estimate of drug-likeness (QED) is 0.395. The zero-order chi connectivity index (χ0) is 13.0. The highest BCUT2D eigenvalue weighted by Crippen LogP contribution is 2.38. The van der Waals surface area contributed by atoms with E-state index in [0.29, 0.717) is 12.4 Å². The van der Waals surface area contributed by atoms with E-state index >= 15 is 0 Å². The fraction of sp³-hybridized carbons (Fsp3) is 0.400. The predicted molar refractivity (Wildman–Crippen MR) is 63.9 cm³/mol. The highest BCUT2D eigenvalue weighted by Gasteiger charge is 2.23. The molecule has 0 radical (unpaired) electrons. The highest BCUT2D eigenvalue weighted by molar-refractivity contribution is 5.76. The molecule has 0 amide bonds. The summed E-state index contributed by atoms with van der Waals surface area (Å²) in [7, 11) is 0. The molecule has 0 aliphatic carbocycles. The molecular weight excluding hydrogens is 226 g/mol. The fourth-order valence-corrected chi connectivity index (χ4v) is 1.59. The molecule has 0 bridgehead atoms. The summed E-state index contributed by atoms with van der Waals surface area (Å²) >= 11 is 0. The summed E-state index contributed by atoms with van der Waals surface area (Å²) in [5.74, 6) is 0.305. The minimum Gasteiger partial charge on any atom is -0.492 e. The van der Waals surface area contributed by atoms with Gasteiger partial charge in [0.2, 0.25) is 0 Å². The Hall–Kier alpha value is -2.02. The second-order valence-corrected chi connectivity index (χ2v) is 3.37. The lowest BCUT2D eigenvalue weighted by molar-refractivity contribution is -0.384. The molecule has 17 heavy (non-hydrogen) atoms. The Morgan fingerprint density at radius 3 is 2.65 bits per heavy atom. The molecule has 7 nitrogen and oxygen atoms in total. The maximum atomic E-state index is 10.9. The molecule has 0 spiro atoms. The van der Waals surface area contributed by atoms with Crippen molar-refractivity contribution in [1.82, 2.24) is 0 Å². The number of nitro benzene ring substituents is 1. The summed E-state index contributed by atoms with van der Waals surface area (Å²) in [4.78, 5) is 10.3. The highest BCUT2D eigenvalue weighted by atomic mass is 16.6. The van der Waals surface area contributed by atoms with E-state index < -0.39 is 4.92 Å².